The van der Waals surface area contributed by atoms with E-state index in [0.29, 0.717) is 11.1 Å². The molecule has 0 heterocycles. The second-order valence-electron chi connectivity index (χ2n) is 4.40. The highest BCUT2D eigenvalue weighted by molar-refractivity contribution is 5.40. The van der Waals surface area contributed by atoms with E-state index in [9.17, 15) is 4.39 Å². The Balaban J connectivity index is 2.21. The van der Waals surface area contributed by atoms with Crippen LogP contribution in [0.3, 0.4) is 0 Å². The first-order valence-corrected chi connectivity index (χ1v) is 5.99. The number of aryl methyl sites for hydroxylation is 1. The van der Waals surface area contributed by atoms with Crippen LogP contribution in [0.2, 0.25) is 0 Å². The number of halogens is 1. The highest BCUT2D eigenvalue weighted by Gasteiger charge is 2.07. The Morgan fingerprint density at radius 1 is 1.21 bits per heavy atom. The van der Waals surface area contributed by atoms with Crippen LogP contribution >= 0.6 is 0 Å². The second kappa shape index (κ2) is 5.53. The second-order valence-corrected chi connectivity index (χ2v) is 4.40. The molecule has 2 aromatic rings. The van der Waals surface area contributed by atoms with E-state index in [-0.39, 0.29) is 12.4 Å². The number of hydrogen-bond donors (Lipinski definition) is 0. The molecule has 0 unspecified atom stereocenters. The zero-order valence-electron chi connectivity index (χ0n) is 10.9. The minimum atomic E-state index is -0.362. The maximum Gasteiger partial charge on any atom is 0.123 e. The van der Waals surface area contributed by atoms with E-state index in [1.54, 1.807) is 0 Å². The Bertz CT molecular complexity index is 644. The summed E-state index contributed by atoms with van der Waals surface area (Å²) in [5, 5.41) is 8.98. The van der Waals surface area contributed by atoms with Gasteiger partial charge in [0, 0.05) is 5.56 Å². The summed E-state index contributed by atoms with van der Waals surface area (Å²) in [4.78, 5) is 0. The summed E-state index contributed by atoms with van der Waals surface area (Å²) in [6, 6.07) is 11.9. The van der Waals surface area contributed by atoms with Crippen molar-refractivity contribution in [3.8, 4) is 11.8 Å². The smallest absolute Gasteiger partial charge is 0.123 e. The Hall–Kier alpha value is -2.34. The Labute approximate surface area is 112 Å². The van der Waals surface area contributed by atoms with Crippen molar-refractivity contribution in [1.29, 1.82) is 5.26 Å². The van der Waals surface area contributed by atoms with Crippen LogP contribution in [0, 0.1) is 31.0 Å². The maximum atomic E-state index is 13.2. The molecule has 0 aliphatic carbocycles. The Morgan fingerprint density at radius 3 is 2.74 bits per heavy atom. The lowest BCUT2D eigenvalue weighted by molar-refractivity contribution is 0.303. The summed E-state index contributed by atoms with van der Waals surface area (Å²) in [6.45, 7) is 4.16. The van der Waals surface area contributed by atoms with Crippen molar-refractivity contribution in [3.63, 3.8) is 0 Å². The number of benzene rings is 2. The predicted octanol–water partition coefficient (Wildman–Crippen LogP) is 3.89. The zero-order chi connectivity index (χ0) is 13.8. The third-order valence-electron chi connectivity index (χ3n) is 3.13. The number of ether oxygens (including phenoxy) is 1. The van der Waals surface area contributed by atoms with Crippen LogP contribution in [0.25, 0.3) is 0 Å². The molecule has 0 aliphatic heterocycles. The predicted molar refractivity (Wildman–Crippen MR) is 71.4 cm³/mol. The van der Waals surface area contributed by atoms with Gasteiger partial charge in [-0.15, -0.1) is 0 Å². The minimum Gasteiger partial charge on any atom is -0.489 e. The average Bonchev–Trinajstić information content (AvgIpc) is 2.40. The van der Waals surface area contributed by atoms with Gasteiger partial charge in [-0.3, -0.25) is 0 Å². The van der Waals surface area contributed by atoms with Crippen molar-refractivity contribution < 1.29 is 9.13 Å². The molecule has 19 heavy (non-hydrogen) atoms. The number of nitrogens with zero attached hydrogens (tertiary/aromatic N) is 1. The van der Waals surface area contributed by atoms with Gasteiger partial charge in [-0.05, 0) is 49.2 Å². The standard InChI is InChI=1S/C16H14FNO/c1-11-4-3-5-16(12(11)2)19-10-14-8-15(17)7-6-13(14)9-18/h3-8H,10H2,1-2H3. The lowest BCUT2D eigenvalue weighted by atomic mass is 10.1. The SMILES string of the molecule is Cc1cccc(OCc2cc(F)ccc2C#N)c1C. The first kappa shape index (κ1) is 13.1. The minimum absolute atomic E-state index is 0.185. The molecule has 96 valence electrons. The van der Waals surface area contributed by atoms with Crippen LogP contribution < -0.4 is 4.74 Å². The molecule has 0 bridgehead atoms. The summed E-state index contributed by atoms with van der Waals surface area (Å²) in [5.74, 6) is 0.395. The van der Waals surface area contributed by atoms with Crippen LogP contribution in [0.15, 0.2) is 36.4 Å². The van der Waals surface area contributed by atoms with Gasteiger partial charge in [-0.2, -0.15) is 5.26 Å². The Morgan fingerprint density at radius 2 is 2.00 bits per heavy atom. The van der Waals surface area contributed by atoms with Crippen molar-refractivity contribution in [3.05, 3.63) is 64.5 Å². The highest BCUT2D eigenvalue weighted by Crippen LogP contribution is 2.22. The average molecular weight is 255 g/mol. The van der Waals surface area contributed by atoms with Crippen molar-refractivity contribution >= 4 is 0 Å². The summed E-state index contributed by atoms with van der Waals surface area (Å²) in [5.41, 5.74) is 3.18. The van der Waals surface area contributed by atoms with Gasteiger partial charge in [0.25, 0.3) is 0 Å². The fourth-order valence-corrected chi connectivity index (χ4v) is 1.83. The lowest BCUT2D eigenvalue weighted by Gasteiger charge is -2.11. The fraction of sp³-hybridized carbons (Fsp3) is 0.188. The van der Waals surface area contributed by atoms with Crippen LogP contribution in [-0.2, 0) is 6.61 Å². The van der Waals surface area contributed by atoms with Gasteiger partial charge < -0.3 is 4.74 Å². The molecule has 0 N–H and O–H groups in total. The van der Waals surface area contributed by atoms with Crippen LogP contribution in [0.5, 0.6) is 5.75 Å². The molecule has 2 rings (SSSR count). The molecular formula is C16H14FNO. The molecule has 0 saturated heterocycles. The molecule has 0 aliphatic rings. The van der Waals surface area contributed by atoms with Gasteiger partial charge in [0.15, 0.2) is 0 Å². The van der Waals surface area contributed by atoms with Gasteiger partial charge in [0.05, 0.1) is 11.6 Å². The van der Waals surface area contributed by atoms with E-state index in [1.165, 1.54) is 18.2 Å². The maximum absolute atomic E-state index is 13.2. The summed E-state index contributed by atoms with van der Waals surface area (Å²) in [7, 11) is 0. The van der Waals surface area contributed by atoms with Crippen molar-refractivity contribution in [2.75, 3.05) is 0 Å². The number of rotatable bonds is 3. The van der Waals surface area contributed by atoms with Crippen LogP contribution in [-0.4, -0.2) is 0 Å². The summed E-state index contributed by atoms with van der Waals surface area (Å²) < 4.78 is 18.9. The third kappa shape index (κ3) is 2.92. The van der Waals surface area contributed by atoms with Gasteiger partial charge in [-0.25, -0.2) is 4.39 Å². The van der Waals surface area contributed by atoms with Gasteiger partial charge in [0.1, 0.15) is 18.2 Å². The normalized spacial score (nSPS) is 10.0. The van der Waals surface area contributed by atoms with Gasteiger partial charge in [0.2, 0.25) is 0 Å². The zero-order valence-corrected chi connectivity index (χ0v) is 10.9. The number of nitriles is 1. The van der Waals surface area contributed by atoms with Crippen molar-refractivity contribution in [2.45, 2.75) is 20.5 Å². The molecule has 0 atom stereocenters. The quantitative estimate of drug-likeness (QED) is 0.833. The van der Waals surface area contributed by atoms with Crippen LogP contribution in [0.4, 0.5) is 4.39 Å². The summed E-state index contributed by atoms with van der Waals surface area (Å²) >= 11 is 0. The van der Waals surface area contributed by atoms with E-state index < -0.39 is 0 Å². The molecule has 0 aromatic heterocycles. The molecule has 0 radical (unpaired) electrons. The molecule has 0 saturated carbocycles. The topological polar surface area (TPSA) is 33.0 Å². The van der Waals surface area contributed by atoms with Gasteiger partial charge in [-0.1, -0.05) is 12.1 Å². The van der Waals surface area contributed by atoms with Crippen molar-refractivity contribution in [2.24, 2.45) is 0 Å². The first-order chi connectivity index (χ1) is 9.11. The molecule has 2 nitrogen and oxygen atoms in total. The van der Waals surface area contributed by atoms with E-state index in [4.69, 9.17) is 10.00 Å². The van der Waals surface area contributed by atoms with E-state index in [2.05, 4.69) is 0 Å². The molecule has 0 fully saturated rings. The molecule has 0 spiro atoms. The van der Waals surface area contributed by atoms with Crippen molar-refractivity contribution in [1.82, 2.24) is 0 Å². The molecule has 0 amide bonds. The molecular weight excluding hydrogens is 241 g/mol. The van der Waals surface area contributed by atoms with E-state index >= 15 is 0 Å². The summed E-state index contributed by atoms with van der Waals surface area (Å²) in [6.07, 6.45) is 0. The highest BCUT2D eigenvalue weighted by atomic mass is 19.1. The molecule has 3 heteroatoms. The van der Waals surface area contributed by atoms with E-state index in [1.807, 2.05) is 38.1 Å². The van der Waals surface area contributed by atoms with Gasteiger partial charge >= 0.3 is 0 Å². The lowest BCUT2D eigenvalue weighted by Crippen LogP contribution is -2.01. The Kier molecular flexibility index (Phi) is 3.82. The monoisotopic (exact) mass is 255 g/mol. The van der Waals surface area contributed by atoms with Crippen LogP contribution in [0.1, 0.15) is 22.3 Å². The molecule has 2 aromatic carbocycles. The fourth-order valence-electron chi connectivity index (χ4n) is 1.83. The van der Waals surface area contributed by atoms with E-state index in [0.717, 1.165) is 16.9 Å². The largest absolute Gasteiger partial charge is 0.489 e. The first-order valence-electron chi connectivity index (χ1n) is 5.99. The third-order valence-corrected chi connectivity index (χ3v) is 3.13. The number of hydrogen-bond acceptors (Lipinski definition) is 2.